The summed E-state index contributed by atoms with van der Waals surface area (Å²) < 4.78 is 37.7. The van der Waals surface area contributed by atoms with Crippen LogP contribution in [0.3, 0.4) is 0 Å². The van der Waals surface area contributed by atoms with Crippen molar-refractivity contribution in [2.24, 2.45) is 0 Å². The van der Waals surface area contributed by atoms with Gasteiger partial charge in [-0.15, -0.1) is 11.3 Å². The highest BCUT2D eigenvalue weighted by molar-refractivity contribution is 7.22. The number of halogens is 4. The van der Waals surface area contributed by atoms with Gasteiger partial charge in [-0.05, 0) is 18.2 Å². The topological polar surface area (TPSA) is 12.9 Å². The molecule has 0 atom stereocenters. The Kier molecular flexibility index (Phi) is 2.16. The molecule has 0 aliphatic rings. The zero-order chi connectivity index (χ0) is 10.3. The first-order chi connectivity index (χ1) is 6.47. The number of benzene rings is 1. The Labute approximate surface area is 86.1 Å². The predicted octanol–water partition coefficient (Wildman–Crippen LogP) is 3.97. The van der Waals surface area contributed by atoms with Crippen molar-refractivity contribution in [2.75, 3.05) is 0 Å². The zero-order valence-corrected chi connectivity index (χ0v) is 8.17. The van der Waals surface area contributed by atoms with E-state index in [1.54, 1.807) is 0 Å². The zero-order valence-electron chi connectivity index (χ0n) is 6.60. The highest BCUT2D eigenvalue weighted by atomic mass is 35.5. The predicted molar refractivity (Wildman–Crippen MR) is 49.6 cm³/mol. The Balaban J connectivity index is 2.62. The van der Waals surface area contributed by atoms with Gasteiger partial charge in [-0.3, -0.25) is 0 Å². The van der Waals surface area contributed by atoms with E-state index in [4.69, 9.17) is 11.6 Å². The van der Waals surface area contributed by atoms with Crippen molar-refractivity contribution in [3.05, 3.63) is 28.2 Å². The maximum Gasteiger partial charge on any atom is 0.416 e. The van der Waals surface area contributed by atoms with Gasteiger partial charge in [0.25, 0.3) is 0 Å². The van der Waals surface area contributed by atoms with Crippen LogP contribution < -0.4 is 0 Å². The first-order valence-corrected chi connectivity index (χ1v) is 4.79. The molecule has 14 heavy (non-hydrogen) atoms. The van der Waals surface area contributed by atoms with Crippen LogP contribution in [0.5, 0.6) is 0 Å². The number of nitrogens with zero attached hydrogens (tertiary/aromatic N) is 1. The van der Waals surface area contributed by atoms with Gasteiger partial charge in [0.15, 0.2) is 4.47 Å². The van der Waals surface area contributed by atoms with E-state index in [0.717, 1.165) is 23.5 Å². The minimum absolute atomic E-state index is 0.249. The number of rotatable bonds is 0. The summed E-state index contributed by atoms with van der Waals surface area (Å²) in [6, 6.07) is 3.40. The molecule has 0 radical (unpaired) electrons. The summed E-state index contributed by atoms with van der Waals surface area (Å²) in [5, 5.41) is 0. The molecule has 1 aromatic heterocycles. The van der Waals surface area contributed by atoms with Gasteiger partial charge in [-0.25, -0.2) is 4.98 Å². The summed E-state index contributed by atoms with van der Waals surface area (Å²) in [6.45, 7) is 0. The summed E-state index contributed by atoms with van der Waals surface area (Å²) in [7, 11) is 0. The van der Waals surface area contributed by atoms with Crippen molar-refractivity contribution in [3.8, 4) is 0 Å². The van der Waals surface area contributed by atoms with Crippen molar-refractivity contribution in [1.82, 2.24) is 4.98 Å². The number of fused-ring (bicyclic) bond motifs is 1. The van der Waals surface area contributed by atoms with Gasteiger partial charge in [0.2, 0.25) is 0 Å². The van der Waals surface area contributed by atoms with Crippen molar-refractivity contribution in [1.29, 1.82) is 0 Å². The van der Waals surface area contributed by atoms with E-state index >= 15 is 0 Å². The van der Waals surface area contributed by atoms with Gasteiger partial charge in [-0.2, -0.15) is 13.2 Å². The summed E-state index contributed by atoms with van der Waals surface area (Å²) in [6.07, 6.45) is -4.33. The molecule has 0 saturated carbocycles. The van der Waals surface area contributed by atoms with Gasteiger partial charge in [0, 0.05) is 0 Å². The van der Waals surface area contributed by atoms with Crippen molar-refractivity contribution in [2.45, 2.75) is 6.18 Å². The van der Waals surface area contributed by atoms with E-state index in [2.05, 4.69) is 4.98 Å². The molecule has 0 N–H and O–H groups in total. The fourth-order valence-electron chi connectivity index (χ4n) is 1.08. The first kappa shape index (κ1) is 9.73. The third-order valence-electron chi connectivity index (χ3n) is 1.69. The second kappa shape index (κ2) is 3.10. The second-order valence-corrected chi connectivity index (χ2v) is 4.26. The fourth-order valence-corrected chi connectivity index (χ4v) is 2.09. The lowest BCUT2D eigenvalue weighted by Gasteiger charge is -2.04. The average molecular weight is 238 g/mol. The lowest BCUT2D eigenvalue weighted by Crippen LogP contribution is -2.03. The number of aromatic nitrogens is 1. The molecule has 0 aliphatic carbocycles. The van der Waals surface area contributed by atoms with Gasteiger partial charge in [0.05, 0.1) is 15.8 Å². The van der Waals surface area contributed by atoms with Crippen LogP contribution in [0.25, 0.3) is 10.2 Å². The molecule has 2 aromatic rings. The van der Waals surface area contributed by atoms with Crippen LogP contribution in [-0.4, -0.2) is 4.98 Å². The Morgan fingerprint density at radius 1 is 1.29 bits per heavy atom. The minimum atomic E-state index is -4.33. The molecule has 0 fully saturated rings. The van der Waals surface area contributed by atoms with Crippen LogP contribution in [0.2, 0.25) is 4.47 Å². The lowest BCUT2D eigenvalue weighted by molar-refractivity contribution is -0.137. The molecule has 74 valence electrons. The summed E-state index contributed by atoms with van der Waals surface area (Å²) in [5.74, 6) is 0. The van der Waals surface area contributed by atoms with Crippen molar-refractivity contribution < 1.29 is 13.2 Å². The summed E-state index contributed by atoms with van der Waals surface area (Å²) >= 11 is 6.73. The van der Waals surface area contributed by atoms with E-state index < -0.39 is 11.7 Å². The smallest absolute Gasteiger partial charge is 0.225 e. The molecule has 0 unspecified atom stereocenters. The Bertz CT molecular complexity index is 477. The second-order valence-electron chi connectivity index (χ2n) is 2.65. The van der Waals surface area contributed by atoms with E-state index in [-0.39, 0.29) is 9.98 Å². The van der Waals surface area contributed by atoms with Crippen molar-refractivity contribution in [3.63, 3.8) is 0 Å². The van der Waals surface area contributed by atoms with Gasteiger partial charge in [0.1, 0.15) is 0 Å². The van der Waals surface area contributed by atoms with E-state index in [1.807, 2.05) is 0 Å². The van der Waals surface area contributed by atoms with Gasteiger partial charge < -0.3 is 0 Å². The van der Waals surface area contributed by atoms with Crippen LogP contribution >= 0.6 is 22.9 Å². The molecule has 0 amide bonds. The molecule has 1 nitrogen and oxygen atoms in total. The maximum absolute atomic E-state index is 12.3. The third-order valence-corrected chi connectivity index (χ3v) is 2.83. The highest BCUT2D eigenvalue weighted by Crippen LogP contribution is 2.33. The molecule has 0 saturated heterocycles. The van der Waals surface area contributed by atoms with E-state index in [1.165, 1.54) is 6.07 Å². The monoisotopic (exact) mass is 237 g/mol. The number of alkyl halides is 3. The average Bonchev–Trinajstić information content (AvgIpc) is 2.41. The molecule has 0 aliphatic heterocycles. The van der Waals surface area contributed by atoms with Gasteiger partial charge in [-0.1, -0.05) is 11.6 Å². The van der Waals surface area contributed by atoms with Crippen molar-refractivity contribution >= 4 is 33.2 Å². The van der Waals surface area contributed by atoms with Crippen LogP contribution in [0.4, 0.5) is 13.2 Å². The largest absolute Gasteiger partial charge is 0.416 e. The number of thiazole rings is 1. The quantitative estimate of drug-likeness (QED) is 0.676. The minimum Gasteiger partial charge on any atom is -0.225 e. The third kappa shape index (κ3) is 1.69. The summed E-state index contributed by atoms with van der Waals surface area (Å²) in [5.41, 5.74) is -0.415. The molecule has 6 heteroatoms. The van der Waals surface area contributed by atoms with E-state index in [0.29, 0.717) is 4.70 Å². The lowest BCUT2D eigenvalue weighted by atomic mass is 10.2. The Morgan fingerprint density at radius 2 is 2.00 bits per heavy atom. The Hall–Kier alpha value is -0.810. The molecule has 2 rings (SSSR count). The molecule has 1 heterocycles. The van der Waals surface area contributed by atoms with Crippen LogP contribution in [0.1, 0.15) is 5.56 Å². The molecule has 0 spiro atoms. The summed E-state index contributed by atoms with van der Waals surface area (Å²) in [4.78, 5) is 3.77. The SMILES string of the molecule is FC(F)(F)c1ccc2sc(Cl)nc2c1. The highest BCUT2D eigenvalue weighted by Gasteiger charge is 2.30. The molecule has 0 bridgehead atoms. The molecular weight excluding hydrogens is 235 g/mol. The molecule has 1 aromatic carbocycles. The standard InChI is InChI=1S/C8H3ClF3NS/c9-7-13-5-3-4(8(10,11)12)1-2-6(5)14-7/h1-3H. The normalized spacial score (nSPS) is 12.3. The first-order valence-electron chi connectivity index (χ1n) is 3.60. The fraction of sp³-hybridized carbons (Fsp3) is 0.125. The Morgan fingerprint density at radius 3 is 2.64 bits per heavy atom. The van der Waals surface area contributed by atoms with Crippen LogP contribution in [0.15, 0.2) is 18.2 Å². The number of hydrogen-bond donors (Lipinski definition) is 0. The van der Waals surface area contributed by atoms with Gasteiger partial charge >= 0.3 is 6.18 Å². The maximum atomic E-state index is 12.3. The number of hydrogen-bond acceptors (Lipinski definition) is 2. The molecular formula is C8H3ClF3NS. The van der Waals surface area contributed by atoms with E-state index in [9.17, 15) is 13.2 Å². The van der Waals surface area contributed by atoms with Crippen LogP contribution in [0, 0.1) is 0 Å². The van der Waals surface area contributed by atoms with Crippen LogP contribution in [-0.2, 0) is 6.18 Å².